The third kappa shape index (κ3) is 2.41. The minimum absolute atomic E-state index is 0.0273. The number of alkyl halides is 3. The van der Waals surface area contributed by atoms with Crippen LogP contribution in [0.2, 0.25) is 0 Å². The first kappa shape index (κ1) is 10.9. The van der Waals surface area contributed by atoms with Gasteiger partial charge in [-0.3, -0.25) is 4.98 Å². The second kappa shape index (κ2) is 3.91. The predicted molar refractivity (Wildman–Crippen MR) is 42.0 cm³/mol. The van der Waals surface area contributed by atoms with E-state index in [-0.39, 0.29) is 12.2 Å². The standard InChI is InChI=1S/C8H8F4N2/c1-13-4-7-6(9)2-5(3-14-7)8(10,11)12/h2-3,13H,4H2,1H3. The topological polar surface area (TPSA) is 24.9 Å². The third-order valence-corrected chi connectivity index (χ3v) is 1.59. The summed E-state index contributed by atoms with van der Waals surface area (Å²) < 4.78 is 49.2. The second-order valence-corrected chi connectivity index (χ2v) is 2.68. The molecule has 0 spiro atoms. The number of hydrogen-bond donors (Lipinski definition) is 1. The molecule has 2 nitrogen and oxygen atoms in total. The maximum atomic E-state index is 13.0. The van der Waals surface area contributed by atoms with E-state index in [1.807, 2.05) is 0 Å². The van der Waals surface area contributed by atoms with E-state index in [1.54, 1.807) is 7.05 Å². The van der Waals surface area contributed by atoms with Crippen LogP contribution in [-0.4, -0.2) is 12.0 Å². The molecule has 0 aliphatic carbocycles. The van der Waals surface area contributed by atoms with Gasteiger partial charge in [-0.15, -0.1) is 0 Å². The molecule has 0 atom stereocenters. The van der Waals surface area contributed by atoms with Gasteiger partial charge in [-0.1, -0.05) is 0 Å². The lowest BCUT2D eigenvalue weighted by Gasteiger charge is -2.07. The van der Waals surface area contributed by atoms with Crippen LogP contribution in [-0.2, 0) is 12.7 Å². The predicted octanol–water partition coefficient (Wildman–Crippen LogP) is 1.96. The lowest BCUT2D eigenvalue weighted by molar-refractivity contribution is -0.138. The van der Waals surface area contributed by atoms with Gasteiger partial charge in [0.2, 0.25) is 0 Å². The van der Waals surface area contributed by atoms with Crippen LogP contribution in [0.25, 0.3) is 0 Å². The maximum absolute atomic E-state index is 13.0. The van der Waals surface area contributed by atoms with E-state index in [1.165, 1.54) is 0 Å². The van der Waals surface area contributed by atoms with Crippen molar-refractivity contribution < 1.29 is 17.6 Å². The van der Waals surface area contributed by atoms with Crippen molar-refractivity contribution >= 4 is 0 Å². The van der Waals surface area contributed by atoms with Gasteiger partial charge in [-0.05, 0) is 13.1 Å². The lowest BCUT2D eigenvalue weighted by Crippen LogP contribution is -2.12. The molecule has 0 saturated carbocycles. The number of nitrogens with zero attached hydrogens (tertiary/aromatic N) is 1. The molecule has 0 aliphatic heterocycles. The van der Waals surface area contributed by atoms with Gasteiger partial charge in [0.1, 0.15) is 5.82 Å². The molecule has 78 valence electrons. The van der Waals surface area contributed by atoms with Crippen molar-refractivity contribution in [1.29, 1.82) is 0 Å². The minimum Gasteiger partial charge on any atom is -0.314 e. The van der Waals surface area contributed by atoms with Crippen LogP contribution in [0, 0.1) is 5.82 Å². The Hall–Kier alpha value is -1.17. The summed E-state index contributed by atoms with van der Waals surface area (Å²) in [5.74, 6) is -0.950. The molecule has 0 fully saturated rings. The number of hydrogen-bond acceptors (Lipinski definition) is 2. The smallest absolute Gasteiger partial charge is 0.314 e. The van der Waals surface area contributed by atoms with Gasteiger partial charge < -0.3 is 5.32 Å². The van der Waals surface area contributed by atoms with E-state index in [4.69, 9.17) is 0 Å². The van der Waals surface area contributed by atoms with E-state index >= 15 is 0 Å². The summed E-state index contributed by atoms with van der Waals surface area (Å²) in [4.78, 5) is 3.38. The molecule has 1 N–H and O–H groups in total. The molecule has 0 aromatic carbocycles. The fourth-order valence-electron chi connectivity index (χ4n) is 0.919. The van der Waals surface area contributed by atoms with Gasteiger partial charge in [0.25, 0.3) is 0 Å². The number of rotatable bonds is 2. The molecule has 1 heterocycles. The van der Waals surface area contributed by atoms with Gasteiger partial charge >= 0.3 is 6.18 Å². The van der Waals surface area contributed by atoms with Crippen molar-refractivity contribution in [2.75, 3.05) is 7.05 Å². The van der Waals surface area contributed by atoms with Crippen molar-refractivity contribution in [3.8, 4) is 0 Å². The molecule has 1 aromatic heterocycles. The zero-order valence-corrected chi connectivity index (χ0v) is 7.32. The Labute approximate surface area is 78.0 Å². The Kier molecular flexibility index (Phi) is 3.05. The van der Waals surface area contributed by atoms with Crippen LogP contribution >= 0.6 is 0 Å². The Bertz CT molecular complexity index is 322. The summed E-state index contributed by atoms with van der Waals surface area (Å²) in [5, 5.41) is 2.60. The monoisotopic (exact) mass is 208 g/mol. The third-order valence-electron chi connectivity index (χ3n) is 1.59. The Morgan fingerprint density at radius 3 is 2.50 bits per heavy atom. The first-order valence-corrected chi connectivity index (χ1v) is 3.81. The van der Waals surface area contributed by atoms with Crippen molar-refractivity contribution in [1.82, 2.24) is 10.3 Å². The van der Waals surface area contributed by atoms with Crippen LogP contribution in [0.1, 0.15) is 11.3 Å². The van der Waals surface area contributed by atoms with Gasteiger partial charge in [-0.2, -0.15) is 13.2 Å². The van der Waals surface area contributed by atoms with Crippen molar-refractivity contribution in [3.05, 3.63) is 29.3 Å². The zero-order valence-electron chi connectivity index (χ0n) is 7.32. The van der Waals surface area contributed by atoms with Crippen LogP contribution in [0.4, 0.5) is 17.6 Å². The summed E-state index contributed by atoms with van der Waals surface area (Å²) in [6.45, 7) is 0.101. The largest absolute Gasteiger partial charge is 0.417 e. The molecule has 0 aliphatic rings. The molecule has 6 heteroatoms. The summed E-state index contributed by atoms with van der Waals surface area (Å²) in [6, 6.07) is 0.444. The first-order valence-electron chi connectivity index (χ1n) is 3.81. The molecule has 0 amide bonds. The Balaban J connectivity index is 3.01. The quantitative estimate of drug-likeness (QED) is 0.751. The van der Waals surface area contributed by atoms with E-state index in [0.29, 0.717) is 12.3 Å². The average Bonchev–Trinajstić information content (AvgIpc) is 2.07. The van der Waals surface area contributed by atoms with Crippen molar-refractivity contribution in [2.24, 2.45) is 0 Å². The van der Waals surface area contributed by atoms with Gasteiger partial charge in [0.05, 0.1) is 11.3 Å². The van der Waals surface area contributed by atoms with Crippen LogP contribution in [0.5, 0.6) is 0 Å². The Morgan fingerprint density at radius 1 is 1.43 bits per heavy atom. The molecule has 14 heavy (non-hydrogen) atoms. The van der Waals surface area contributed by atoms with Crippen LogP contribution in [0.15, 0.2) is 12.3 Å². The molecule has 1 aromatic rings. The highest BCUT2D eigenvalue weighted by Gasteiger charge is 2.31. The van der Waals surface area contributed by atoms with Crippen molar-refractivity contribution in [3.63, 3.8) is 0 Å². The summed E-state index contributed by atoms with van der Waals surface area (Å²) >= 11 is 0. The first-order chi connectivity index (χ1) is 6.45. The number of aromatic nitrogens is 1. The highest BCUT2D eigenvalue weighted by molar-refractivity contribution is 5.18. The molecule has 1 rings (SSSR count). The molecular weight excluding hydrogens is 200 g/mol. The highest BCUT2D eigenvalue weighted by Crippen LogP contribution is 2.29. The number of pyridine rings is 1. The minimum atomic E-state index is -4.55. The zero-order chi connectivity index (χ0) is 10.8. The molecule has 0 unspecified atom stereocenters. The molecule has 0 radical (unpaired) electrons. The molecule has 0 bridgehead atoms. The second-order valence-electron chi connectivity index (χ2n) is 2.68. The number of nitrogens with one attached hydrogen (secondary N) is 1. The molecular formula is C8H8F4N2. The number of halogens is 4. The average molecular weight is 208 g/mol. The van der Waals surface area contributed by atoms with Crippen LogP contribution < -0.4 is 5.32 Å². The van der Waals surface area contributed by atoms with E-state index in [2.05, 4.69) is 10.3 Å². The lowest BCUT2D eigenvalue weighted by atomic mass is 10.2. The van der Waals surface area contributed by atoms with Crippen LogP contribution in [0.3, 0.4) is 0 Å². The SMILES string of the molecule is CNCc1ncc(C(F)(F)F)cc1F. The van der Waals surface area contributed by atoms with Gasteiger partial charge in [0, 0.05) is 12.7 Å². The van der Waals surface area contributed by atoms with Crippen molar-refractivity contribution in [2.45, 2.75) is 12.7 Å². The Morgan fingerprint density at radius 2 is 2.07 bits per heavy atom. The maximum Gasteiger partial charge on any atom is 0.417 e. The van der Waals surface area contributed by atoms with E-state index in [9.17, 15) is 17.6 Å². The summed E-state index contributed by atoms with van der Waals surface area (Å²) in [7, 11) is 1.55. The fourth-order valence-corrected chi connectivity index (χ4v) is 0.919. The summed E-state index contributed by atoms with van der Waals surface area (Å²) in [6.07, 6.45) is -3.93. The fraction of sp³-hybridized carbons (Fsp3) is 0.375. The summed E-state index contributed by atoms with van der Waals surface area (Å²) in [5.41, 5.74) is -1.10. The highest BCUT2D eigenvalue weighted by atomic mass is 19.4. The molecule has 0 saturated heterocycles. The van der Waals surface area contributed by atoms with Gasteiger partial charge in [0.15, 0.2) is 0 Å². The normalized spacial score (nSPS) is 11.8. The van der Waals surface area contributed by atoms with E-state index < -0.39 is 17.6 Å². The van der Waals surface area contributed by atoms with Gasteiger partial charge in [-0.25, -0.2) is 4.39 Å². The van der Waals surface area contributed by atoms with E-state index in [0.717, 1.165) is 0 Å².